The summed E-state index contributed by atoms with van der Waals surface area (Å²) in [6, 6.07) is 4.51. The molecule has 0 N–H and O–H groups in total. The first-order chi connectivity index (χ1) is 7.25. The van der Waals surface area contributed by atoms with E-state index in [1.54, 1.807) is 6.20 Å². The Bertz CT molecular complexity index is 321. The van der Waals surface area contributed by atoms with Crippen molar-refractivity contribution in [1.29, 1.82) is 0 Å². The number of aromatic nitrogens is 1. The van der Waals surface area contributed by atoms with Gasteiger partial charge in [0.15, 0.2) is 0 Å². The molecule has 1 saturated carbocycles. The van der Waals surface area contributed by atoms with Gasteiger partial charge in [-0.2, -0.15) is 0 Å². The van der Waals surface area contributed by atoms with Crippen LogP contribution in [0.5, 0.6) is 0 Å². The standard InChI is InChI=1S/C12H17ClN2/c1-15(12-4-2-3-5-12)9-11-8-10(13)6-7-14-11/h6-8,12H,2-5,9H2,1H3. The highest BCUT2D eigenvalue weighted by Gasteiger charge is 2.19. The van der Waals surface area contributed by atoms with Crippen LogP contribution in [0.3, 0.4) is 0 Å². The molecule has 1 heterocycles. The van der Waals surface area contributed by atoms with Gasteiger partial charge in [0, 0.05) is 23.8 Å². The normalized spacial score (nSPS) is 17.5. The average molecular weight is 225 g/mol. The molecule has 0 radical (unpaired) electrons. The average Bonchev–Trinajstić information content (AvgIpc) is 2.70. The van der Waals surface area contributed by atoms with Gasteiger partial charge in [-0.25, -0.2) is 0 Å². The van der Waals surface area contributed by atoms with Crippen molar-refractivity contribution in [2.24, 2.45) is 0 Å². The van der Waals surface area contributed by atoms with Gasteiger partial charge in [-0.1, -0.05) is 24.4 Å². The lowest BCUT2D eigenvalue weighted by molar-refractivity contribution is 0.235. The first-order valence-electron chi connectivity index (χ1n) is 5.56. The number of nitrogens with zero attached hydrogens (tertiary/aromatic N) is 2. The van der Waals surface area contributed by atoms with Crippen LogP contribution in [0.2, 0.25) is 5.02 Å². The molecule has 0 aliphatic heterocycles. The SMILES string of the molecule is CN(Cc1cc(Cl)ccn1)C1CCCC1. The van der Waals surface area contributed by atoms with Gasteiger partial charge in [0.1, 0.15) is 0 Å². The Morgan fingerprint density at radius 2 is 2.20 bits per heavy atom. The second kappa shape index (κ2) is 4.95. The Morgan fingerprint density at radius 3 is 2.87 bits per heavy atom. The minimum Gasteiger partial charge on any atom is -0.298 e. The van der Waals surface area contributed by atoms with Crippen molar-refractivity contribution in [1.82, 2.24) is 9.88 Å². The molecule has 1 aliphatic rings. The molecular weight excluding hydrogens is 208 g/mol. The molecule has 0 saturated heterocycles. The highest BCUT2D eigenvalue weighted by atomic mass is 35.5. The minimum absolute atomic E-state index is 0.741. The van der Waals surface area contributed by atoms with Crippen molar-refractivity contribution >= 4 is 11.6 Å². The summed E-state index contributed by atoms with van der Waals surface area (Å²) >= 11 is 5.93. The van der Waals surface area contributed by atoms with Gasteiger partial charge in [-0.15, -0.1) is 0 Å². The predicted octanol–water partition coefficient (Wildman–Crippen LogP) is 3.11. The molecule has 2 nitrogen and oxygen atoms in total. The third-order valence-corrected chi connectivity index (χ3v) is 3.37. The molecule has 1 aromatic heterocycles. The van der Waals surface area contributed by atoms with Crippen molar-refractivity contribution in [3.8, 4) is 0 Å². The molecule has 1 aliphatic carbocycles. The Kier molecular flexibility index (Phi) is 3.60. The first kappa shape index (κ1) is 10.9. The molecular formula is C12H17ClN2. The van der Waals surface area contributed by atoms with Gasteiger partial charge in [0.2, 0.25) is 0 Å². The highest BCUT2D eigenvalue weighted by molar-refractivity contribution is 6.30. The summed E-state index contributed by atoms with van der Waals surface area (Å²) in [6.07, 6.45) is 7.18. The summed E-state index contributed by atoms with van der Waals surface area (Å²) in [5, 5.41) is 0.778. The van der Waals surface area contributed by atoms with E-state index in [1.165, 1.54) is 25.7 Å². The summed E-state index contributed by atoms with van der Waals surface area (Å²) in [5.41, 5.74) is 1.07. The van der Waals surface area contributed by atoms with Crippen molar-refractivity contribution in [2.45, 2.75) is 38.3 Å². The van der Waals surface area contributed by atoms with E-state index in [0.29, 0.717) is 0 Å². The quantitative estimate of drug-likeness (QED) is 0.785. The second-order valence-corrected chi connectivity index (χ2v) is 4.76. The topological polar surface area (TPSA) is 16.1 Å². The lowest BCUT2D eigenvalue weighted by atomic mass is 10.2. The second-order valence-electron chi connectivity index (χ2n) is 4.32. The monoisotopic (exact) mass is 224 g/mol. The van der Waals surface area contributed by atoms with Crippen LogP contribution >= 0.6 is 11.6 Å². The van der Waals surface area contributed by atoms with Crippen molar-refractivity contribution < 1.29 is 0 Å². The van der Waals surface area contributed by atoms with Crippen LogP contribution in [-0.2, 0) is 6.54 Å². The van der Waals surface area contributed by atoms with Crippen LogP contribution in [0.1, 0.15) is 31.4 Å². The van der Waals surface area contributed by atoms with Crippen molar-refractivity contribution in [3.63, 3.8) is 0 Å². The molecule has 0 unspecified atom stereocenters. The van der Waals surface area contributed by atoms with Crippen LogP contribution in [0, 0.1) is 0 Å². The number of halogens is 1. The summed E-state index contributed by atoms with van der Waals surface area (Å²) < 4.78 is 0. The molecule has 1 aromatic rings. The van der Waals surface area contributed by atoms with E-state index in [1.807, 2.05) is 12.1 Å². The van der Waals surface area contributed by atoms with E-state index in [2.05, 4.69) is 16.9 Å². The lowest BCUT2D eigenvalue weighted by Gasteiger charge is -2.23. The number of hydrogen-bond acceptors (Lipinski definition) is 2. The van der Waals surface area contributed by atoms with E-state index in [9.17, 15) is 0 Å². The maximum Gasteiger partial charge on any atom is 0.0558 e. The molecule has 0 spiro atoms. The zero-order valence-corrected chi connectivity index (χ0v) is 9.87. The van der Waals surface area contributed by atoms with Crippen molar-refractivity contribution in [3.05, 3.63) is 29.0 Å². The molecule has 1 fully saturated rings. The molecule has 0 atom stereocenters. The van der Waals surface area contributed by atoms with Gasteiger partial charge in [-0.05, 0) is 32.0 Å². The van der Waals surface area contributed by atoms with E-state index in [-0.39, 0.29) is 0 Å². The fourth-order valence-corrected chi connectivity index (χ4v) is 2.45. The molecule has 0 bridgehead atoms. The smallest absolute Gasteiger partial charge is 0.0558 e. The third kappa shape index (κ3) is 2.93. The molecule has 0 amide bonds. The Labute approximate surface area is 96.3 Å². The fraction of sp³-hybridized carbons (Fsp3) is 0.583. The first-order valence-corrected chi connectivity index (χ1v) is 5.94. The maximum atomic E-state index is 5.93. The molecule has 2 rings (SSSR count). The Morgan fingerprint density at radius 1 is 1.47 bits per heavy atom. The van der Waals surface area contributed by atoms with Crippen molar-refractivity contribution in [2.75, 3.05) is 7.05 Å². The highest BCUT2D eigenvalue weighted by Crippen LogP contribution is 2.23. The van der Waals surface area contributed by atoms with E-state index in [0.717, 1.165) is 23.3 Å². The maximum absolute atomic E-state index is 5.93. The number of rotatable bonds is 3. The zero-order valence-electron chi connectivity index (χ0n) is 9.12. The molecule has 3 heteroatoms. The number of pyridine rings is 1. The van der Waals surface area contributed by atoms with E-state index < -0.39 is 0 Å². The van der Waals surface area contributed by atoms with Crippen LogP contribution in [0.25, 0.3) is 0 Å². The molecule has 15 heavy (non-hydrogen) atoms. The van der Waals surface area contributed by atoms with Gasteiger partial charge < -0.3 is 0 Å². The van der Waals surface area contributed by atoms with E-state index in [4.69, 9.17) is 11.6 Å². The predicted molar refractivity (Wildman–Crippen MR) is 63.0 cm³/mol. The van der Waals surface area contributed by atoms with Gasteiger partial charge in [-0.3, -0.25) is 9.88 Å². The van der Waals surface area contributed by atoms with Crippen LogP contribution in [0.4, 0.5) is 0 Å². The number of hydrogen-bond donors (Lipinski definition) is 0. The van der Waals surface area contributed by atoms with Gasteiger partial charge in [0.05, 0.1) is 5.69 Å². The largest absolute Gasteiger partial charge is 0.298 e. The zero-order chi connectivity index (χ0) is 10.7. The fourth-order valence-electron chi connectivity index (χ4n) is 2.26. The summed E-state index contributed by atoms with van der Waals surface area (Å²) in [5.74, 6) is 0. The summed E-state index contributed by atoms with van der Waals surface area (Å²) in [7, 11) is 2.18. The molecule has 0 aromatic carbocycles. The summed E-state index contributed by atoms with van der Waals surface area (Å²) in [6.45, 7) is 0.908. The van der Waals surface area contributed by atoms with Crippen LogP contribution in [-0.4, -0.2) is 23.0 Å². The summed E-state index contributed by atoms with van der Waals surface area (Å²) in [4.78, 5) is 6.72. The lowest BCUT2D eigenvalue weighted by Crippen LogP contribution is -2.28. The van der Waals surface area contributed by atoms with Crippen LogP contribution in [0.15, 0.2) is 18.3 Å². The van der Waals surface area contributed by atoms with Gasteiger partial charge >= 0.3 is 0 Å². The Hall–Kier alpha value is -0.600. The Balaban J connectivity index is 1.95. The van der Waals surface area contributed by atoms with Crippen LogP contribution < -0.4 is 0 Å². The molecule has 82 valence electrons. The van der Waals surface area contributed by atoms with E-state index >= 15 is 0 Å². The minimum atomic E-state index is 0.741. The third-order valence-electron chi connectivity index (χ3n) is 3.14. The van der Waals surface area contributed by atoms with Gasteiger partial charge in [0.25, 0.3) is 0 Å².